The predicted molar refractivity (Wildman–Crippen MR) is 116 cm³/mol. The molecular formula is C25H24ClNO4. The van der Waals surface area contributed by atoms with Gasteiger partial charge >= 0.3 is 5.97 Å². The summed E-state index contributed by atoms with van der Waals surface area (Å²) >= 11 is 6.10. The van der Waals surface area contributed by atoms with Crippen LogP contribution in [0.25, 0.3) is 11.1 Å². The molecule has 2 aliphatic carbocycles. The third kappa shape index (κ3) is 3.26. The smallest absolute Gasteiger partial charge is 0.323 e. The third-order valence-corrected chi connectivity index (χ3v) is 7.57. The van der Waals surface area contributed by atoms with Gasteiger partial charge < -0.3 is 14.8 Å². The first-order valence-corrected chi connectivity index (χ1v) is 11.5. The molecule has 2 aromatic carbocycles. The van der Waals surface area contributed by atoms with Gasteiger partial charge in [-0.2, -0.15) is 0 Å². The predicted octanol–water partition coefficient (Wildman–Crippen LogP) is 4.47. The Kier molecular flexibility index (Phi) is 4.58. The van der Waals surface area contributed by atoms with Crippen LogP contribution in [0.1, 0.15) is 53.6 Å². The maximum absolute atomic E-state index is 13.2. The molecule has 2 heterocycles. The number of aryl methyl sites for hydroxylation is 1. The molecule has 6 rings (SSSR count). The fourth-order valence-corrected chi connectivity index (χ4v) is 5.91. The fourth-order valence-electron chi connectivity index (χ4n) is 5.75. The monoisotopic (exact) mass is 437 g/mol. The fraction of sp³-hybridized carbons (Fsp3) is 0.440. The number of fused-ring (bicyclic) bond motifs is 5. The lowest BCUT2D eigenvalue weighted by Gasteiger charge is -2.28. The number of esters is 1. The van der Waals surface area contributed by atoms with E-state index in [0.29, 0.717) is 42.0 Å². The number of benzene rings is 2. The summed E-state index contributed by atoms with van der Waals surface area (Å²) in [5, 5.41) is 4.06. The van der Waals surface area contributed by atoms with Crippen LogP contribution in [0.2, 0.25) is 5.02 Å². The largest absolute Gasteiger partial charge is 0.488 e. The summed E-state index contributed by atoms with van der Waals surface area (Å²) in [7, 11) is 0. The summed E-state index contributed by atoms with van der Waals surface area (Å²) < 4.78 is 11.6. The lowest BCUT2D eigenvalue weighted by molar-refractivity contribution is -0.149. The molecule has 1 saturated carbocycles. The van der Waals surface area contributed by atoms with Gasteiger partial charge in [0.2, 0.25) is 5.78 Å². The Morgan fingerprint density at radius 1 is 1.06 bits per heavy atom. The summed E-state index contributed by atoms with van der Waals surface area (Å²) in [6, 6.07) is 9.81. The van der Waals surface area contributed by atoms with Crippen molar-refractivity contribution in [3.8, 4) is 16.9 Å². The summed E-state index contributed by atoms with van der Waals surface area (Å²) in [5.74, 6) is 0.966. The molecule has 2 aliphatic heterocycles. The molecule has 31 heavy (non-hydrogen) atoms. The normalized spacial score (nSPS) is 28.2. The Balaban J connectivity index is 1.22. The van der Waals surface area contributed by atoms with Gasteiger partial charge in [0.25, 0.3) is 0 Å². The van der Waals surface area contributed by atoms with E-state index in [4.69, 9.17) is 21.1 Å². The highest BCUT2D eigenvalue weighted by Crippen LogP contribution is 2.41. The molecule has 0 bridgehead atoms. The molecule has 5 nitrogen and oxygen atoms in total. The number of ketones is 1. The number of ether oxygens (including phenoxy) is 2. The van der Waals surface area contributed by atoms with Gasteiger partial charge in [0.15, 0.2) is 6.10 Å². The minimum Gasteiger partial charge on any atom is -0.488 e. The van der Waals surface area contributed by atoms with Crippen molar-refractivity contribution in [1.29, 1.82) is 0 Å². The first-order valence-electron chi connectivity index (χ1n) is 11.2. The van der Waals surface area contributed by atoms with E-state index in [1.165, 1.54) is 12.8 Å². The molecule has 2 fully saturated rings. The number of Topliss-reactive ketones (excluding diaryl/α,β-unsaturated/α-hetero) is 1. The summed E-state index contributed by atoms with van der Waals surface area (Å²) in [5.41, 5.74) is 4.71. The van der Waals surface area contributed by atoms with Crippen molar-refractivity contribution in [1.82, 2.24) is 5.32 Å². The highest BCUT2D eigenvalue weighted by molar-refractivity contribution is 6.30. The number of carbonyl (C=O) groups excluding carboxylic acids is 2. The number of rotatable bonds is 2. The van der Waals surface area contributed by atoms with Gasteiger partial charge in [-0.3, -0.25) is 9.59 Å². The van der Waals surface area contributed by atoms with Crippen LogP contribution in [0, 0.1) is 5.92 Å². The van der Waals surface area contributed by atoms with Crippen LogP contribution >= 0.6 is 11.6 Å². The van der Waals surface area contributed by atoms with E-state index in [1.54, 1.807) is 0 Å². The van der Waals surface area contributed by atoms with Crippen LogP contribution < -0.4 is 10.1 Å². The zero-order chi connectivity index (χ0) is 21.1. The SMILES string of the molecule is O=C(OC1CCc2cc3c(cc2C1=O)COc1cc(Cl)ccc1-3)C1CC2CCCC2N1. The van der Waals surface area contributed by atoms with E-state index in [2.05, 4.69) is 11.4 Å². The first-order chi connectivity index (χ1) is 15.1. The average molecular weight is 438 g/mol. The molecule has 6 heteroatoms. The van der Waals surface area contributed by atoms with Crippen molar-refractivity contribution in [3.05, 3.63) is 52.0 Å². The summed E-state index contributed by atoms with van der Waals surface area (Å²) in [6.45, 7) is 0.391. The zero-order valence-electron chi connectivity index (χ0n) is 17.2. The number of halogens is 1. The second-order valence-corrected chi connectivity index (χ2v) is 9.61. The highest BCUT2D eigenvalue weighted by Gasteiger charge is 2.42. The first kappa shape index (κ1) is 19.3. The zero-order valence-corrected chi connectivity index (χ0v) is 17.9. The van der Waals surface area contributed by atoms with Gasteiger partial charge in [0.05, 0.1) is 0 Å². The van der Waals surface area contributed by atoms with Crippen LogP contribution in [0.15, 0.2) is 30.3 Å². The standard InChI is InChI=1S/C25H24ClNO4/c26-16-5-6-17-18-8-13-4-7-22(24(28)19(13)9-15(18)12-30-23(17)11-16)31-25(29)21-10-14-2-1-3-20(14)27-21/h5-6,8-9,11,14,20-22,27H,1-4,7,10,12H2. The van der Waals surface area contributed by atoms with Crippen molar-refractivity contribution in [2.45, 2.75) is 63.3 Å². The van der Waals surface area contributed by atoms with Crippen molar-refractivity contribution < 1.29 is 19.1 Å². The van der Waals surface area contributed by atoms with Crippen molar-refractivity contribution >= 4 is 23.4 Å². The maximum Gasteiger partial charge on any atom is 0.323 e. The molecule has 0 radical (unpaired) electrons. The Morgan fingerprint density at radius 2 is 1.94 bits per heavy atom. The van der Waals surface area contributed by atoms with Crippen LogP contribution in [0.3, 0.4) is 0 Å². The highest BCUT2D eigenvalue weighted by atomic mass is 35.5. The van der Waals surface area contributed by atoms with E-state index in [9.17, 15) is 9.59 Å². The van der Waals surface area contributed by atoms with Crippen molar-refractivity contribution in [2.24, 2.45) is 5.92 Å². The van der Waals surface area contributed by atoms with E-state index < -0.39 is 6.10 Å². The molecule has 2 aromatic rings. The van der Waals surface area contributed by atoms with Gasteiger partial charge in [0, 0.05) is 22.2 Å². The molecule has 1 saturated heterocycles. The molecule has 0 aromatic heterocycles. The van der Waals surface area contributed by atoms with Gasteiger partial charge in [-0.15, -0.1) is 0 Å². The Labute approximate surface area is 186 Å². The van der Waals surface area contributed by atoms with E-state index in [0.717, 1.165) is 40.8 Å². The molecule has 160 valence electrons. The van der Waals surface area contributed by atoms with Gasteiger partial charge in [-0.1, -0.05) is 18.0 Å². The molecular weight excluding hydrogens is 414 g/mol. The molecule has 4 unspecified atom stereocenters. The number of carbonyl (C=O) groups is 2. The Morgan fingerprint density at radius 3 is 2.81 bits per heavy atom. The third-order valence-electron chi connectivity index (χ3n) is 7.34. The van der Waals surface area contributed by atoms with Crippen LogP contribution in [-0.4, -0.2) is 29.9 Å². The molecule has 0 amide bonds. The number of hydrogen-bond donors (Lipinski definition) is 1. The van der Waals surface area contributed by atoms with E-state index >= 15 is 0 Å². The second kappa shape index (κ2) is 7.35. The summed E-state index contributed by atoms with van der Waals surface area (Å²) in [4.78, 5) is 25.9. The molecule has 4 atom stereocenters. The van der Waals surface area contributed by atoms with Crippen LogP contribution in [0.5, 0.6) is 5.75 Å². The quantitative estimate of drug-likeness (QED) is 0.702. The molecule has 1 N–H and O–H groups in total. The number of hydrogen-bond acceptors (Lipinski definition) is 5. The maximum atomic E-state index is 13.2. The molecule has 0 spiro atoms. The van der Waals surface area contributed by atoms with Crippen molar-refractivity contribution in [2.75, 3.05) is 0 Å². The summed E-state index contributed by atoms with van der Waals surface area (Å²) in [6.07, 6.45) is 4.91. The minimum atomic E-state index is -0.698. The lowest BCUT2D eigenvalue weighted by atomic mass is 9.83. The van der Waals surface area contributed by atoms with Gasteiger partial charge in [-0.05, 0) is 85.0 Å². The minimum absolute atomic E-state index is 0.0995. The van der Waals surface area contributed by atoms with Crippen LogP contribution in [0.4, 0.5) is 0 Å². The van der Waals surface area contributed by atoms with E-state index in [-0.39, 0.29) is 17.8 Å². The van der Waals surface area contributed by atoms with Gasteiger partial charge in [0.1, 0.15) is 18.4 Å². The van der Waals surface area contributed by atoms with Crippen LogP contribution in [-0.2, 0) is 22.6 Å². The van der Waals surface area contributed by atoms with E-state index in [1.807, 2.05) is 24.3 Å². The average Bonchev–Trinajstić information content (AvgIpc) is 3.37. The Bertz CT molecular complexity index is 1090. The number of nitrogens with one attached hydrogen (secondary N) is 1. The second-order valence-electron chi connectivity index (χ2n) is 9.18. The topological polar surface area (TPSA) is 64.6 Å². The van der Waals surface area contributed by atoms with Crippen molar-refractivity contribution in [3.63, 3.8) is 0 Å². The molecule has 4 aliphatic rings. The Hall–Kier alpha value is -2.37. The van der Waals surface area contributed by atoms with Gasteiger partial charge in [-0.25, -0.2) is 0 Å². The lowest BCUT2D eigenvalue weighted by Crippen LogP contribution is -2.41.